The Hall–Kier alpha value is -1.74. The van der Waals surface area contributed by atoms with E-state index in [0.29, 0.717) is 6.54 Å². The summed E-state index contributed by atoms with van der Waals surface area (Å²) in [6.07, 6.45) is 1.57. The fourth-order valence-electron chi connectivity index (χ4n) is 1.69. The maximum atomic E-state index is 5.63. The van der Waals surface area contributed by atoms with Gasteiger partial charge in [-0.2, -0.15) is 0 Å². The van der Waals surface area contributed by atoms with Crippen molar-refractivity contribution in [2.75, 3.05) is 0 Å². The highest BCUT2D eigenvalue weighted by Crippen LogP contribution is 2.22. The molecular formula is C13H15N3. The first-order valence-corrected chi connectivity index (χ1v) is 5.30. The second-order valence-corrected chi connectivity index (χ2v) is 3.86. The molecule has 0 fully saturated rings. The van der Waals surface area contributed by atoms with E-state index in [9.17, 15) is 0 Å². The molecule has 1 aromatic carbocycles. The highest BCUT2D eigenvalue weighted by molar-refractivity contribution is 5.63. The van der Waals surface area contributed by atoms with Crippen LogP contribution in [-0.2, 0) is 6.54 Å². The topological polar surface area (TPSA) is 51.8 Å². The van der Waals surface area contributed by atoms with Crippen LogP contribution < -0.4 is 5.73 Å². The summed E-state index contributed by atoms with van der Waals surface area (Å²) in [4.78, 5) is 8.48. The van der Waals surface area contributed by atoms with Crippen molar-refractivity contribution in [2.24, 2.45) is 5.73 Å². The molecule has 0 radical (unpaired) electrons. The van der Waals surface area contributed by atoms with E-state index in [-0.39, 0.29) is 0 Å². The number of aryl methyl sites for hydroxylation is 1. The molecule has 2 rings (SSSR count). The van der Waals surface area contributed by atoms with Gasteiger partial charge in [0.05, 0.1) is 11.4 Å². The van der Waals surface area contributed by atoms with Crippen molar-refractivity contribution in [3.05, 3.63) is 47.4 Å². The number of aromatic nitrogens is 2. The van der Waals surface area contributed by atoms with Crippen LogP contribution in [0.25, 0.3) is 11.3 Å². The van der Waals surface area contributed by atoms with Crippen LogP contribution in [0.15, 0.2) is 30.6 Å². The smallest absolute Gasteiger partial charge is 0.116 e. The van der Waals surface area contributed by atoms with E-state index in [1.807, 2.05) is 6.92 Å². The molecule has 82 valence electrons. The van der Waals surface area contributed by atoms with E-state index in [1.54, 1.807) is 6.33 Å². The van der Waals surface area contributed by atoms with Crippen molar-refractivity contribution in [2.45, 2.75) is 20.4 Å². The minimum Gasteiger partial charge on any atom is -0.325 e. The maximum absolute atomic E-state index is 5.63. The maximum Gasteiger partial charge on any atom is 0.116 e. The molecule has 0 aliphatic heterocycles. The molecule has 16 heavy (non-hydrogen) atoms. The quantitative estimate of drug-likeness (QED) is 0.832. The van der Waals surface area contributed by atoms with Gasteiger partial charge in [0.1, 0.15) is 6.33 Å². The summed E-state index contributed by atoms with van der Waals surface area (Å²) in [5, 5.41) is 0. The number of hydrogen-bond acceptors (Lipinski definition) is 3. The van der Waals surface area contributed by atoms with Gasteiger partial charge in [0.2, 0.25) is 0 Å². The molecule has 0 bridgehead atoms. The predicted octanol–water partition coefficient (Wildman–Crippen LogP) is 2.22. The Morgan fingerprint density at radius 3 is 2.38 bits per heavy atom. The van der Waals surface area contributed by atoms with Gasteiger partial charge in [0, 0.05) is 12.1 Å². The van der Waals surface area contributed by atoms with Gasteiger partial charge >= 0.3 is 0 Å². The van der Waals surface area contributed by atoms with E-state index < -0.39 is 0 Å². The first-order valence-electron chi connectivity index (χ1n) is 5.30. The van der Waals surface area contributed by atoms with Gasteiger partial charge in [-0.05, 0) is 19.4 Å². The van der Waals surface area contributed by atoms with E-state index in [4.69, 9.17) is 5.73 Å². The summed E-state index contributed by atoms with van der Waals surface area (Å²) >= 11 is 0. The SMILES string of the molecule is Cc1ccc(-c2ncnc(CN)c2C)cc1. The molecule has 0 saturated heterocycles. The first-order chi connectivity index (χ1) is 7.72. The minimum atomic E-state index is 0.452. The average Bonchev–Trinajstić information content (AvgIpc) is 2.31. The van der Waals surface area contributed by atoms with Crippen LogP contribution in [-0.4, -0.2) is 9.97 Å². The lowest BCUT2D eigenvalue weighted by atomic mass is 10.0. The number of nitrogens with two attached hydrogens (primary N) is 1. The van der Waals surface area contributed by atoms with Gasteiger partial charge in [0.15, 0.2) is 0 Å². The molecule has 0 atom stereocenters. The second-order valence-electron chi connectivity index (χ2n) is 3.86. The Kier molecular flexibility index (Phi) is 2.97. The second kappa shape index (κ2) is 4.41. The third kappa shape index (κ3) is 1.95. The largest absolute Gasteiger partial charge is 0.325 e. The molecule has 1 aromatic heterocycles. The molecule has 0 amide bonds. The zero-order chi connectivity index (χ0) is 11.5. The standard InChI is InChI=1S/C13H15N3/c1-9-3-5-11(6-4-9)13-10(2)12(7-14)15-8-16-13/h3-6,8H,7,14H2,1-2H3. The van der Waals surface area contributed by atoms with Crippen LogP contribution in [0.1, 0.15) is 16.8 Å². The van der Waals surface area contributed by atoms with Crippen molar-refractivity contribution < 1.29 is 0 Å². The summed E-state index contributed by atoms with van der Waals surface area (Å²) in [6, 6.07) is 8.31. The van der Waals surface area contributed by atoms with Crippen molar-refractivity contribution >= 4 is 0 Å². The van der Waals surface area contributed by atoms with E-state index in [1.165, 1.54) is 5.56 Å². The molecule has 2 N–H and O–H groups in total. The lowest BCUT2D eigenvalue weighted by Crippen LogP contribution is -2.04. The molecule has 0 saturated carbocycles. The zero-order valence-corrected chi connectivity index (χ0v) is 9.57. The fraction of sp³-hybridized carbons (Fsp3) is 0.231. The Labute approximate surface area is 95.4 Å². The third-order valence-electron chi connectivity index (χ3n) is 2.71. The average molecular weight is 213 g/mol. The lowest BCUT2D eigenvalue weighted by molar-refractivity contribution is 0.943. The number of hydrogen-bond donors (Lipinski definition) is 1. The highest BCUT2D eigenvalue weighted by atomic mass is 14.9. The van der Waals surface area contributed by atoms with E-state index in [0.717, 1.165) is 22.5 Å². The van der Waals surface area contributed by atoms with Crippen LogP contribution in [0.3, 0.4) is 0 Å². The molecule has 3 nitrogen and oxygen atoms in total. The highest BCUT2D eigenvalue weighted by Gasteiger charge is 2.07. The number of rotatable bonds is 2. The number of benzene rings is 1. The molecule has 0 unspecified atom stereocenters. The van der Waals surface area contributed by atoms with Crippen molar-refractivity contribution in [1.29, 1.82) is 0 Å². The normalized spacial score (nSPS) is 10.4. The molecule has 2 aromatic rings. The molecule has 1 heterocycles. The Morgan fingerprint density at radius 1 is 1.06 bits per heavy atom. The predicted molar refractivity (Wildman–Crippen MR) is 64.8 cm³/mol. The van der Waals surface area contributed by atoms with Crippen LogP contribution >= 0.6 is 0 Å². The third-order valence-corrected chi connectivity index (χ3v) is 2.71. The number of nitrogens with zero attached hydrogens (tertiary/aromatic N) is 2. The molecule has 0 aliphatic rings. The van der Waals surface area contributed by atoms with Gasteiger partial charge in [0.25, 0.3) is 0 Å². The van der Waals surface area contributed by atoms with Crippen molar-refractivity contribution in [3.8, 4) is 11.3 Å². The van der Waals surface area contributed by atoms with E-state index in [2.05, 4.69) is 41.2 Å². The lowest BCUT2D eigenvalue weighted by Gasteiger charge is -2.08. The van der Waals surface area contributed by atoms with Gasteiger partial charge in [-0.1, -0.05) is 29.8 Å². The molecule has 0 spiro atoms. The minimum absolute atomic E-state index is 0.452. The molecule has 3 heteroatoms. The summed E-state index contributed by atoms with van der Waals surface area (Å²) in [5.41, 5.74) is 10.9. The van der Waals surface area contributed by atoms with Gasteiger partial charge in [-0.15, -0.1) is 0 Å². The first kappa shape index (κ1) is 10.8. The van der Waals surface area contributed by atoms with E-state index >= 15 is 0 Å². The monoisotopic (exact) mass is 213 g/mol. The van der Waals surface area contributed by atoms with Gasteiger partial charge < -0.3 is 5.73 Å². The van der Waals surface area contributed by atoms with Crippen molar-refractivity contribution in [3.63, 3.8) is 0 Å². The van der Waals surface area contributed by atoms with Gasteiger partial charge in [-0.25, -0.2) is 9.97 Å². The Morgan fingerprint density at radius 2 is 1.75 bits per heavy atom. The Balaban J connectivity index is 2.51. The summed E-state index contributed by atoms with van der Waals surface area (Å²) in [7, 11) is 0. The summed E-state index contributed by atoms with van der Waals surface area (Å²) < 4.78 is 0. The van der Waals surface area contributed by atoms with Crippen LogP contribution in [0.2, 0.25) is 0 Å². The summed E-state index contributed by atoms with van der Waals surface area (Å²) in [6.45, 7) is 4.53. The van der Waals surface area contributed by atoms with Crippen LogP contribution in [0.4, 0.5) is 0 Å². The molecule has 0 aliphatic carbocycles. The Bertz CT molecular complexity index is 489. The van der Waals surface area contributed by atoms with Crippen molar-refractivity contribution in [1.82, 2.24) is 9.97 Å². The molecular weight excluding hydrogens is 198 g/mol. The fourth-order valence-corrected chi connectivity index (χ4v) is 1.69. The van der Waals surface area contributed by atoms with Crippen LogP contribution in [0, 0.1) is 13.8 Å². The van der Waals surface area contributed by atoms with Gasteiger partial charge in [-0.3, -0.25) is 0 Å². The van der Waals surface area contributed by atoms with Crippen LogP contribution in [0.5, 0.6) is 0 Å². The zero-order valence-electron chi connectivity index (χ0n) is 9.57. The summed E-state index contributed by atoms with van der Waals surface area (Å²) in [5.74, 6) is 0.